The molecule has 1 aliphatic rings. The first-order valence-corrected chi connectivity index (χ1v) is 16.2. The third-order valence-electron chi connectivity index (χ3n) is 8.22. The van der Waals surface area contributed by atoms with E-state index in [1.54, 1.807) is 48.7 Å². The number of benzene rings is 4. The van der Waals surface area contributed by atoms with Crippen LogP contribution in [0.5, 0.6) is 23.0 Å². The van der Waals surface area contributed by atoms with Crippen LogP contribution < -0.4 is 24.3 Å². The number of hydrogen-bond donors (Lipinski definition) is 2. The Hall–Kier alpha value is -5.56. The molecule has 2 N–H and O–H groups in total. The zero-order valence-electron chi connectivity index (χ0n) is 26.8. The van der Waals surface area contributed by atoms with Crippen LogP contribution in [0.4, 0.5) is 0 Å². The van der Waals surface area contributed by atoms with E-state index < -0.39 is 12.0 Å². The highest BCUT2D eigenvalue weighted by molar-refractivity contribution is 6.32. The molecule has 0 bridgehead atoms. The summed E-state index contributed by atoms with van der Waals surface area (Å²) in [5, 5.41) is 22.7. The predicted octanol–water partition coefficient (Wildman–Crippen LogP) is 7.30. The van der Waals surface area contributed by atoms with Crippen LogP contribution >= 0.6 is 11.6 Å². The molecular weight excluding hydrogens is 642 g/mol. The predicted molar refractivity (Wildman–Crippen MR) is 185 cm³/mol. The van der Waals surface area contributed by atoms with Gasteiger partial charge in [-0.25, -0.2) is 0 Å². The minimum atomic E-state index is -0.999. The summed E-state index contributed by atoms with van der Waals surface area (Å²) in [6.07, 6.45) is 1.84. The Morgan fingerprint density at radius 3 is 2.55 bits per heavy atom. The number of ether oxygens (including phenoxy) is 4. The molecule has 5 aromatic rings. The molecule has 6 rings (SSSR count). The fourth-order valence-corrected chi connectivity index (χ4v) is 5.82. The second-order valence-electron chi connectivity index (χ2n) is 11.5. The number of nitriles is 1. The zero-order chi connectivity index (χ0) is 34.2. The van der Waals surface area contributed by atoms with Crippen LogP contribution in [-0.4, -0.2) is 35.3 Å². The van der Waals surface area contributed by atoms with Crippen molar-refractivity contribution in [3.8, 4) is 40.2 Å². The first kappa shape index (κ1) is 33.3. The van der Waals surface area contributed by atoms with Crippen LogP contribution in [0.2, 0.25) is 5.02 Å². The lowest BCUT2D eigenvalue weighted by Crippen LogP contribution is -2.38. The maximum absolute atomic E-state index is 12.1. The molecule has 0 saturated heterocycles. The van der Waals surface area contributed by atoms with Crippen molar-refractivity contribution in [1.29, 1.82) is 5.26 Å². The monoisotopic (exact) mass is 675 g/mol. The summed E-state index contributed by atoms with van der Waals surface area (Å²) in [5.41, 5.74) is 6.73. The SMILES string of the molecule is Cc1c(COc2cc(OCc3cccc(C#N)c3)c(CNC(Cc3ccccn3)C(=O)O)cc2Cl)cccc1-c1ccc2c(c1)OCCO2. The quantitative estimate of drug-likeness (QED) is 0.132. The number of nitrogens with one attached hydrogen (secondary N) is 1. The van der Waals surface area contributed by atoms with E-state index in [-0.39, 0.29) is 26.2 Å². The van der Waals surface area contributed by atoms with Crippen molar-refractivity contribution in [2.75, 3.05) is 13.2 Å². The smallest absolute Gasteiger partial charge is 0.321 e. The van der Waals surface area contributed by atoms with Gasteiger partial charge in [0.2, 0.25) is 0 Å². The molecule has 9 nitrogen and oxygen atoms in total. The normalized spacial score (nSPS) is 12.5. The molecule has 248 valence electrons. The lowest BCUT2D eigenvalue weighted by molar-refractivity contribution is -0.139. The van der Waals surface area contributed by atoms with Gasteiger partial charge >= 0.3 is 5.97 Å². The van der Waals surface area contributed by atoms with Gasteiger partial charge in [-0.05, 0) is 77.2 Å². The fourth-order valence-electron chi connectivity index (χ4n) is 5.58. The summed E-state index contributed by atoms with van der Waals surface area (Å²) in [6.45, 7) is 3.69. The van der Waals surface area contributed by atoms with E-state index in [0.717, 1.165) is 39.3 Å². The van der Waals surface area contributed by atoms with Crippen LogP contribution in [0.1, 0.15) is 33.5 Å². The minimum Gasteiger partial charge on any atom is -0.488 e. The molecule has 49 heavy (non-hydrogen) atoms. The number of aliphatic carboxylic acids is 1. The lowest BCUT2D eigenvalue weighted by atomic mass is 9.96. The van der Waals surface area contributed by atoms with E-state index in [9.17, 15) is 15.2 Å². The molecule has 1 unspecified atom stereocenters. The van der Waals surface area contributed by atoms with Crippen molar-refractivity contribution in [3.63, 3.8) is 0 Å². The number of carbonyl (C=O) groups is 1. The number of aromatic nitrogens is 1. The highest BCUT2D eigenvalue weighted by Crippen LogP contribution is 2.37. The van der Waals surface area contributed by atoms with Crippen molar-refractivity contribution in [2.24, 2.45) is 0 Å². The van der Waals surface area contributed by atoms with Crippen molar-refractivity contribution >= 4 is 17.6 Å². The van der Waals surface area contributed by atoms with E-state index in [1.807, 2.05) is 42.5 Å². The van der Waals surface area contributed by atoms with E-state index in [0.29, 0.717) is 46.6 Å². The van der Waals surface area contributed by atoms with Crippen molar-refractivity contribution in [3.05, 3.63) is 136 Å². The average Bonchev–Trinajstić information content (AvgIpc) is 3.13. The molecule has 1 aliphatic heterocycles. The van der Waals surface area contributed by atoms with Crippen LogP contribution in [0, 0.1) is 18.3 Å². The van der Waals surface area contributed by atoms with Crippen molar-refractivity contribution in [2.45, 2.75) is 39.1 Å². The Labute approximate surface area is 289 Å². The van der Waals surface area contributed by atoms with Crippen LogP contribution in [0.3, 0.4) is 0 Å². The summed E-state index contributed by atoms with van der Waals surface area (Å²) >= 11 is 6.77. The molecule has 1 aromatic heterocycles. The number of nitrogens with zero attached hydrogens (tertiary/aromatic N) is 2. The molecule has 0 saturated carbocycles. The summed E-state index contributed by atoms with van der Waals surface area (Å²) in [7, 11) is 0. The summed E-state index contributed by atoms with van der Waals surface area (Å²) in [6, 6.07) is 29.3. The number of hydrogen-bond acceptors (Lipinski definition) is 8. The van der Waals surface area contributed by atoms with Gasteiger partial charge < -0.3 is 24.1 Å². The van der Waals surface area contributed by atoms with E-state index >= 15 is 0 Å². The number of halogens is 1. The van der Waals surface area contributed by atoms with Crippen LogP contribution in [0.15, 0.2) is 97.2 Å². The third kappa shape index (κ3) is 8.30. The number of fused-ring (bicyclic) bond motifs is 1. The van der Waals surface area contributed by atoms with Gasteiger partial charge in [0.25, 0.3) is 0 Å². The molecule has 0 spiro atoms. The molecular formula is C39H34ClN3O6. The van der Waals surface area contributed by atoms with Gasteiger partial charge in [-0.15, -0.1) is 0 Å². The number of carboxylic acids is 1. The summed E-state index contributed by atoms with van der Waals surface area (Å²) in [4.78, 5) is 16.4. The number of carboxylic acid groups (broad SMARTS) is 1. The van der Waals surface area contributed by atoms with E-state index in [4.69, 9.17) is 30.5 Å². The van der Waals surface area contributed by atoms with Crippen molar-refractivity contribution in [1.82, 2.24) is 10.3 Å². The van der Waals surface area contributed by atoms with E-state index in [2.05, 4.69) is 29.4 Å². The fraction of sp³-hybridized carbons (Fsp3) is 0.205. The first-order valence-electron chi connectivity index (χ1n) is 15.8. The molecule has 10 heteroatoms. The van der Waals surface area contributed by atoms with Gasteiger partial charge in [-0.2, -0.15) is 5.26 Å². The molecule has 0 aliphatic carbocycles. The van der Waals surface area contributed by atoms with Crippen LogP contribution in [0.25, 0.3) is 11.1 Å². The van der Waals surface area contributed by atoms with Crippen molar-refractivity contribution < 1.29 is 28.8 Å². The second-order valence-corrected chi connectivity index (χ2v) is 11.9. The highest BCUT2D eigenvalue weighted by Gasteiger charge is 2.21. The topological polar surface area (TPSA) is 123 Å². The van der Waals surface area contributed by atoms with Gasteiger partial charge in [0.1, 0.15) is 44.0 Å². The number of pyridine rings is 1. The summed E-state index contributed by atoms with van der Waals surface area (Å²) < 4.78 is 24.0. The maximum Gasteiger partial charge on any atom is 0.321 e. The molecule has 4 aromatic carbocycles. The lowest BCUT2D eigenvalue weighted by Gasteiger charge is -2.20. The molecule has 1 atom stereocenters. The van der Waals surface area contributed by atoms with Gasteiger partial charge in [0, 0.05) is 36.5 Å². The number of rotatable bonds is 13. The first-order chi connectivity index (χ1) is 23.9. The van der Waals surface area contributed by atoms with Gasteiger partial charge in [0.05, 0.1) is 16.7 Å². The Kier molecular flexibility index (Phi) is 10.6. The Balaban J connectivity index is 1.23. The molecule has 0 fully saturated rings. The maximum atomic E-state index is 12.1. The molecule has 2 heterocycles. The minimum absolute atomic E-state index is 0.161. The third-order valence-corrected chi connectivity index (χ3v) is 8.52. The zero-order valence-corrected chi connectivity index (χ0v) is 27.6. The second kappa shape index (κ2) is 15.6. The van der Waals surface area contributed by atoms with Gasteiger partial charge in [0.15, 0.2) is 11.5 Å². The standard InChI is InChI=1S/C39H34ClN3O6/c1-25-29(8-5-10-32(25)28-11-12-35-38(18-28)47-15-14-46-35)24-49-37-20-36(48-23-27-7-4-6-26(16-27)21-41)30(17-33(37)40)22-43-34(39(44)45)19-31-9-2-3-13-42-31/h2-13,16-18,20,34,43H,14-15,19,22-24H2,1H3,(H,44,45). The molecule has 0 amide bonds. The van der Waals surface area contributed by atoms with Gasteiger partial charge in [-0.1, -0.05) is 54.1 Å². The largest absolute Gasteiger partial charge is 0.488 e. The van der Waals surface area contributed by atoms with Gasteiger partial charge in [-0.3, -0.25) is 15.1 Å². The van der Waals surface area contributed by atoms with Crippen LogP contribution in [-0.2, 0) is 31.0 Å². The Morgan fingerprint density at radius 2 is 1.76 bits per heavy atom. The van der Waals surface area contributed by atoms with E-state index in [1.165, 1.54) is 0 Å². The Morgan fingerprint density at radius 1 is 0.939 bits per heavy atom. The Bertz CT molecular complexity index is 2000. The highest BCUT2D eigenvalue weighted by atomic mass is 35.5. The molecule has 0 radical (unpaired) electrons. The summed E-state index contributed by atoms with van der Waals surface area (Å²) in [5.74, 6) is 1.35. The average molecular weight is 676 g/mol.